The van der Waals surface area contributed by atoms with Crippen LogP contribution < -0.4 is 10.0 Å². The Morgan fingerprint density at radius 3 is 2.66 bits per heavy atom. The smallest absolute Gasteiger partial charge is 0.271 e. The van der Waals surface area contributed by atoms with E-state index in [1.807, 2.05) is 24.4 Å². The fraction of sp³-hybridized carbons (Fsp3) is 0.0526. The molecule has 0 saturated carbocycles. The molecular weight excluding hydrogens is 446 g/mol. The number of aromatic nitrogens is 1. The topological polar surface area (TPSA) is 88.2 Å². The van der Waals surface area contributed by atoms with Crippen molar-refractivity contribution in [2.75, 3.05) is 10.0 Å². The minimum atomic E-state index is -3.67. The third kappa shape index (κ3) is 4.56. The van der Waals surface area contributed by atoms with E-state index in [2.05, 4.69) is 15.0 Å². The average Bonchev–Trinajstić information content (AvgIpc) is 3.43. The lowest BCUT2D eigenvalue weighted by atomic mass is 10.2. The summed E-state index contributed by atoms with van der Waals surface area (Å²) in [6.45, 7) is 2.03. The van der Waals surface area contributed by atoms with Crippen molar-refractivity contribution >= 4 is 60.8 Å². The maximum Gasteiger partial charge on any atom is 0.271 e. The molecule has 0 spiro atoms. The van der Waals surface area contributed by atoms with E-state index in [4.69, 9.17) is 0 Å². The van der Waals surface area contributed by atoms with Gasteiger partial charge in [-0.15, -0.1) is 34.0 Å². The second kappa shape index (κ2) is 8.07. The second-order valence-corrected chi connectivity index (χ2v) is 11.0. The van der Waals surface area contributed by atoms with Crippen LogP contribution in [0.1, 0.15) is 15.2 Å². The molecule has 1 amide bonds. The summed E-state index contributed by atoms with van der Waals surface area (Å²) in [6, 6.07) is 13.6. The summed E-state index contributed by atoms with van der Waals surface area (Å²) in [5.41, 5.74) is 1.47. The molecule has 0 aliphatic heterocycles. The van der Waals surface area contributed by atoms with Crippen molar-refractivity contribution in [2.24, 2.45) is 0 Å². The molecule has 3 aromatic heterocycles. The largest absolute Gasteiger partial charge is 0.298 e. The highest BCUT2D eigenvalue weighted by Gasteiger charge is 2.16. The summed E-state index contributed by atoms with van der Waals surface area (Å²) in [5.74, 6) is -0.356. The van der Waals surface area contributed by atoms with Gasteiger partial charge in [-0.05, 0) is 48.7 Å². The summed E-state index contributed by atoms with van der Waals surface area (Å²) in [5, 5.41) is 6.85. The molecule has 0 fully saturated rings. The molecule has 0 saturated heterocycles. The Bertz CT molecular complexity index is 1260. The monoisotopic (exact) mass is 461 g/mol. The lowest BCUT2D eigenvalue weighted by molar-refractivity contribution is 0.102. The first kappa shape index (κ1) is 19.8. The number of nitrogens with zero attached hydrogens (tertiary/aromatic N) is 1. The Balaban J connectivity index is 1.48. The van der Waals surface area contributed by atoms with Gasteiger partial charge in [0, 0.05) is 21.5 Å². The maximum atomic E-state index is 12.6. The molecule has 6 nitrogen and oxygen atoms in total. The van der Waals surface area contributed by atoms with Crippen LogP contribution in [0.2, 0.25) is 0 Å². The highest BCUT2D eigenvalue weighted by atomic mass is 32.2. The summed E-state index contributed by atoms with van der Waals surface area (Å²) < 4.78 is 27.4. The third-order valence-corrected chi connectivity index (χ3v) is 8.41. The van der Waals surface area contributed by atoms with Crippen molar-refractivity contribution in [3.63, 3.8) is 0 Å². The van der Waals surface area contributed by atoms with Crippen LogP contribution in [-0.2, 0) is 10.0 Å². The van der Waals surface area contributed by atoms with Gasteiger partial charge in [-0.1, -0.05) is 12.1 Å². The molecule has 0 radical (unpaired) electrons. The number of carbonyl (C=O) groups is 1. The van der Waals surface area contributed by atoms with Crippen LogP contribution in [0.25, 0.3) is 10.6 Å². The number of carbonyl (C=O) groups excluding carboxylic acids is 1. The Morgan fingerprint density at radius 2 is 1.93 bits per heavy atom. The van der Waals surface area contributed by atoms with E-state index in [9.17, 15) is 13.2 Å². The van der Waals surface area contributed by atoms with Crippen LogP contribution in [0.4, 0.5) is 10.8 Å². The Morgan fingerprint density at radius 1 is 1.07 bits per heavy atom. The van der Waals surface area contributed by atoms with Gasteiger partial charge in [-0.3, -0.25) is 14.8 Å². The van der Waals surface area contributed by atoms with Gasteiger partial charge in [0.1, 0.15) is 4.21 Å². The van der Waals surface area contributed by atoms with Crippen LogP contribution in [0, 0.1) is 6.92 Å². The molecule has 0 atom stereocenters. The molecular formula is C19H15N3O3S4. The minimum absolute atomic E-state index is 0.214. The van der Waals surface area contributed by atoms with E-state index in [1.165, 1.54) is 28.3 Å². The number of thiophene rings is 2. The first-order chi connectivity index (χ1) is 13.9. The molecule has 148 valence electrons. The Kier molecular flexibility index (Phi) is 5.50. The number of amides is 1. The van der Waals surface area contributed by atoms with Crippen molar-refractivity contribution in [1.82, 2.24) is 4.98 Å². The van der Waals surface area contributed by atoms with Gasteiger partial charge in [-0.2, -0.15) is 0 Å². The molecule has 4 rings (SSSR count). The number of thiazole rings is 1. The molecule has 10 heteroatoms. The van der Waals surface area contributed by atoms with Gasteiger partial charge in [0.2, 0.25) is 0 Å². The highest BCUT2D eigenvalue weighted by molar-refractivity contribution is 7.94. The SMILES string of the molecule is Cc1ccc(-c2csc(NC(=O)c3cccc(NS(=O)(=O)c4cccs4)c3)n2)s1. The van der Waals surface area contributed by atoms with E-state index in [0.717, 1.165) is 21.9 Å². The summed E-state index contributed by atoms with van der Waals surface area (Å²) in [4.78, 5) is 19.3. The van der Waals surface area contributed by atoms with E-state index in [1.54, 1.807) is 41.0 Å². The normalized spacial score (nSPS) is 11.3. The van der Waals surface area contributed by atoms with E-state index in [-0.39, 0.29) is 10.1 Å². The van der Waals surface area contributed by atoms with Crippen LogP contribution >= 0.6 is 34.0 Å². The molecule has 0 aliphatic rings. The van der Waals surface area contributed by atoms with Crippen molar-refractivity contribution in [3.8, 4) is 10.6 Å². The van der Waals surface area contributed by atoms with E-state index in [0.29, 0.717) is 16.4 Å². The Labute approximate surface area is 179 Å². The standard InChI is InChI=1S/C19H15N3O3S4/c1-12-7-8-16(28-12)15-11-27-19(20-15)21-18(23)13-4-2-5-14(10-13)22-29(24,25)17-6-3-9-26-17/h2-11,22H,1H3,(H,20,21,23). The van der Waals surface area contributed by atoms with Crippen LogP contribution in [0.5, 0.6) is 0 Å². The highest BCUT2D eigenvalue weighted by Crippen LogP contribution is 2.30. The molecule has 29 heavy (non-hydrogen) atoms. The molecule has 4 aromatic rings. The van der Waals surface area contributed by atoms with E-state index >= 15 is 0 Å². The number of aryl methyl sites for hydroxylation is 1. The third-order valence-electron chi connectivity index (χ3n) is 3.85. The molecule has 0 bridgehead atoms. The van der Waals surface area contributed by atoms with Gasteiger partial charge in [0.25, 0.3) is 15.9 Å². The second-order valence-electron chi connectivity index (χ2n) is 6.02. The van der Waals surface area contributed by atoms with Gasteiger partial charge < -0.3 is 0 Å². The van der Waals surface area contributed by atoms with Gasteiger partial charge in [0.05, 0.1) is 10.6 Å². The number of nitrogens with one attached hydrogen (secondary N) is 2. The predicted octanol–water partition coefficient (Wildman–Crippen LogP) is 5.29. The van der Waals surface area contributed by atoms with E-state index < -0.39 is 10.0 Å². The lowest BCUT2D eigenvalue weighted by Gasteiger charge is -2.08. The van der Waals surface area contributed by atoms with Crippen molar-refractivity contribution in [1.29, 1.82) is 0 Å². The minimum Gasteiger partial charge on any atom is -0.298 e. The zero-order valence-electron chi connectivity index (χ0n) is 15.1. The lowest BCUT2D eigenvalue weighted by Crippen LogP contribution is -2.14. The first-order valence-corrected chi connectivity index (χ1v) is 12.5. The predicted molar refractivity (Wildman–Crippen MR) is 120 cm³/mol. The van der Waals surface area contributed by atoms with Gasteiger partial charge >= 0.3 is 0 Å². The first-order valence-electron chi connectivity index (χ1n) is 8.41. The summed E-state index contributed by atoms with van der Waals surface area (Å²) in [7, 11) is -3.67. The van der Waals surface area contributed by atoms with Crippen molar-refractivity contribution in [3.05, 3.63) is 69.7 Å². The van der Waals surface area contributed by atoms with Gasteiger partial charge in [0.15, 0.2) is 5.13 Å². The fourth-order valence-corrected chi connectivity index (χ4v) is 6.18. The number of sulfonamides is 1. The summed E-state index contributed by atoms with van der Waals surface area (Å²) >= 11 is 4.11. The quantitative estimate of drug-likeness (QED) is 0.408. The van der Waals surface area contributed by atoms with Crippen molar-refractivity contribution < 1.29 is 13.2 Å². The summed E-state index contributed by atoms with van der Waals surface area (Å²) in [6.07, 6.45) is 0. The molecule has 0 aliphatic carbocycles. The zero-order valence-corrected chi connectivity index (χ0v) is 18.3. The number of benzene rings is 1. The molecule has 3 heterocycles. The average molecular weight is 462 g/mol. The molecule has 0 unspecified atom stereocenters. The van der Waals surface area contributed by atoms with Crippen molar-refractivity contribution in [2.45, 2.75) is 11.1 Å². The Hall–Kier alpha value is -2.53. The van der Waals surface area contributed by atoms with Crippen LogP contribution in [0.15, 0.2) is 63.5 Å². The number of hydrogen-bond acceptors (Lipinski definition) is 7. The maximum absolute atomic E-state index is 12.6. The zero-order chi connectivity index (χ0) is 20.4. The number of anilines is 2. The molecule has 1 aromatic carbocycles. The van der Waals surface area contributed by atoms with Crippen LogP contribution in [-0.4, -0.2) is 19.3 Å². The van der Waals surface area contributed by atoms with Crippen LogP contribution in [0.3, 0.4) is 0 Å². The fourth-order valence-electron chi connectivity index (χ4n) is 2.53. The molecule has 2 N–H and O–H groups in total. The van der Waals surface area contributed by atoms with Gasteiger partial charge in [-0.25, -0.2) is 13.4 Å². The number of rotatable bonds is 6. The number of hydrogen-bond donors (Lipinski definition) is 2.